The lowest BCUT2D eigenvalue weighted by molar-refractivity contribution is -0.122. The van der Waals surface area contributed by atoms with Crippen LogP contribution in [0.5, 0.6) is 11.5 Å². The van der Waals surface area contributed by atoms with Crippen molar-refractivity contribution >= 4 is 16.8 Å². The van der Waals surface area contributed by atoms with E-state index in [0.29, 0.717) is 22.4 Å². The quantitative estimate of drug-likeness (QED) is 0.777. The van der Waals surface area contributed by atoms with Gasteiger partial charge in [0.05, 0.1) is 23.3 Å². The summed E-state index contributed by atoms with van der Waals surface area (Å²) in [6.07, 6.45) is 1.40. The van der Waals surface area contributed by atoms with E-state index in [1.165, 1.54) is 10.9 Å². The zero-order chi connectivity index (χ0) is 18.1. The average Bonchev–Trinajstić information content (AvgIpc) is 3.12. The number of carbonyl (C=O) groups is 1. The van der Waals surface area contributed by atoms with E-state index in [2.05, 4.69) is 10.3 Å². The Morgan fingerprint density at radius 2 is 2.04 bits per heavy atom. The normalized spacial score (nSPS) is 13.6. The average molecular weight is 351 g/mol. The lowest BCUT2D eigenvalue weighted by Crippen LogP contribution is -2.33. The number of ether oxygens (including phenoxy) is 2. The molecular formula is C19H17N3O4. The molecule has 3 aromatic rings. The standard InChI is InChI=1S/C19H17N3O4/c1-12(13-6-7-16-17(8-13)26-11-25-16)21-18(23)9-22-10-20-15-5-3-2-4-14(15)19(22)24/h2-8,10,12H,9,11H2,1H3,(H,21,23). The first-order chi connectivity index (χ1) is 12.6. The molecule has 1 atom stereocenters. The summed E-state index contributed by atoms with van der Waals surface area (Å²) in [4.78, 5) is 29.0. The number of nitrogens with zero attached hydrogens (tertiary/aromatic N) is 2. The fourth-order valence-electron chi connectivity index (χ4n) is 2.93. The third-order valence-electron chi connectivity index (χ3n) is 4.32. The number of nitrogens with one attached hydrogen (secondary N) is 1. The van der Waals surface area contributed by atoms with Crippen LogP contribution < -0.4 is 20.3 Å². The van der Waals surface area contributed by atoms with E-state index in [9.17, 15) is 9.59 Å². The molecule has 1 amide bonds. The van der Waals surface area contributed by atoms with Crippen molar-refractivity contribution in [3.05, 3.63) is 64.7 Å². The van der Waals surface area contributed by atoms with Gasteiger partial charge in [0.1, 0.15) is 6.54 Å². The van der Waals surface area contributed by atoms with Crippen LogP contribution in [0.15, 0.2) is 53.6 Å². The molecule has 0 fully saturated rings. The highest BCUT2D eigenvalue weighted by atomic mass is 16.7. The highest BCUT2D eigenvalue weighted by Gasteiger charge is 2.17. The molecule has 132 valence electrons. The molecule has 1 unspecified atom stereocenters. The molecule has 1 aliphatic rings. The smallest absolute Gasteiger partial charge is 0.261 e. The molecular weight excluding hydrogens is 334 g/mol. The van der Waals surface area contributed by atoms with Crippen LogP contribution in [0.1, 0.15) is 18.5 Å². The molecule has 0 radical (unpaired) electrons. The van der Waals surface area contributed by atoms with E-state index in [-0.39, 0.29) is 30.8 Å². The SMILES string of the molecule is CC(NC(=O)Cn1cnc2ccccc2c1=O)c1ccc2c(c1)OCO2. The Kier molecular flexibility index (Phi) is 4.04. The summed E-state index contributed by atoms with van der Waals surface area (Å²) in [5.41, 5.74) is 1.27. The first-order valence-corrected chi connectivity index (χ1v) is 8.25. The molecule has 1 N–H and O–H groups in total. The summed E-state index contributed by atoms with van der Waals surface area (Å²) in [7, 11) is 0. The number of carbonyl (C=O) groups excluding carboxylic acids is 1. The van der Waals surface area contributed by atoms with E-state index in [1.807, 2.05) is 31.2 Å². The molecule has 7 nitrogen and oxygen atoms in total. The fraction of sp³-hybridized carbons (Fsp3) is 0.211. The topological polar surface area (TPSA) is 82.5 Å². The van der Waals surface area contributed by atoms with Gasteiger partial charge in [0, 0.05) is 0 Å². The Labute approximate surface area is 149 Å². The van der Waals surface area contributed by atoms with Crippen molar-refractivity contribution in [2.24, 2.45) is 0 Å². The second-order valence-electron chi connectivity index (χ2n) is 6.10. The molecule has 2 heterocycles. The van der Waals surface area contributed by atoms with Crippen LogP contribution in [0, 0.1) is 0 Å². The molecule has 2 aromatic carbocycles. The van der Waals surface area contributed by atoms with E-state index in [0.717, 1.165) is 5.56 Å². The largest absolute Gasteiger partial charge is 0.454 e. The van der Waals surface area contributed by atoms with Gasteiger partial charge in [0.2, 0.25) is 12.7 Å². The van der Waals surface area contributed by atoms with Gasteiger partial charge < -0.3 is 14.8 Å². The predicted molar refractivity (Wildman–Crippen MR) is 95.1 cm³/mol. The van der Waals surface area contributed by atoms with Gasteiger partial charge >= 0.3 is 0 Å². The molecule has 0 bridgehead atoms. The van der Waals surface area contributed by atoms with Gasteiger partial charge in [-0.3, -0.25) is 14.2 Å². The highest BCUT2D eigenvalue weighted by Crippen LogP contribution is 2.34. The maximum atomic E-state index is 12.5. The van der Waals surface area contributed by atoms with Gasteiger partial charge in [-0.1, -0.05) is 18.2 Å². The molecule has 7 heteroatoms. The summed E-state index contributed by atoms with van der Waals surface area (Å²) < 4.78 is 12.0. The Hall–Kier alpha value is -3.35. The summed E-state index contributed by atoms with van der Waals surface area (Å²) in [6.45, 7) is 1.99. The van der Waals surface area contributed by atoms with Crippen molar-refractivity contribution < 1.29 is 14.3 Å². The Balaban J connectivity index is 1.49. The maximum absolute atomic E-state index is 12.5. The van der Waals surface area contributed by atoms with Crippen LogP contribution in [0.2, 0.25) is 0 Å². The van der Waals surface area contributed by atoms with Gasteiger partial charge in [-0.2, -0.15) is 0 Å². The number of para-hydroxylation sites is 1. The van der Waals surface area contributed by atoms with Crippen molar-refractivity contribution in [1.29, 1.82) is 0 Å². The van der Waals surface area contributed by atoms with Gasteiger partial charge in [0.25, 0.3) is 5.56 Å². The van der Waals surface area contributed by atoms with Gasteiger partial charge in [-0.25, -0.2) is 4.98 Å². The second kappa shape index (κ2) is 6.51. The van der Waals surface area contributed by atoms with Crippen molar-refractivity contribution in [1.82, 2.24) is 14.9 Å². The van der Waals surface area contributed by atoms with Crippen LogP contribution in [-0.2, 0) is 11.3 Å². The number of benzene rings is 2. The predicted octanol–water partition coefficient (Wildman–Crippen LogP) is 2.00. The lowest BCUT2D eigenvalue weighted by Gasteiger charge is -2.15. The molecule has 1 aliphatic heterocycles. The molecule has 0 saturated heterocycles. The minimum atomic E-state index is -0.269. The zero-order valence-corrected chi connectivity index (χ0v) is 14.1. The molecule has 0 spiro atoms. The van der Waals surface area contributed by atoms with E-state index >= 15 is 0 Å². The summed E-state index contributed by atoms with van der Waals surface area (Å²) >= 11 is 0. The Bertz CT molecular complexity index is 1040. The number of aromatic nitrogens is 2. The van der Waals surface area contributed by atoms with Gasteiger partial charge in [0.15, 0.2) is 11.5 Å². The Morgan fingerprint density at radius 3 is 2.92 bits per heavy atom. The van der Waals surface area contributed by atoms with Crippen LogP contribution >= 0.6 is 0 Å². The van der Waals surface area contributed by atoms with Crippen molar-refractivity contribution in [3.8, 4) is 11.5 Å². The van der Waals surface area contributed by atoms with Crippen LogP contribution in [0.4, 0.5) is 0 Å². The monoisotopic (exact) mass is 351 g/mol. The summed E-state index contributed by atoms with van der Waals surface area (Å²) in [5.74, 6) is 1.09. The van der Waals surface area contributed by atoms with Crippen molar-refractivity contribution in [2.45, 2.75) is 19.5 Å². The van der Waals surface area contributed by atoms with Gasteiger partial charge in [-0.15, -0.1) is 0 Å². The lowest BCUT2D eigenvalue weighted by atomic mass is 10.1. The number of rotatable bonds is 4. The molecule has 0 saturated carbocycles. The van der Waals surface area contributed by atoms with Crippen molar-refractivity contribution in [2.75, 3.05) is 6.79 Å². The minimum absolute atomic E-state index is 0.0917. The maximum Gasteiger partial charge on any atom is 0.261 e. The number of hydrogen-bond acceptors (Lipinski definition) is 5. The minimum Gasteiger partial charge on any atom is -0.454 e. The van der Waals surface area contributed by atoms with E-state index in [4.69, 9.17) is 9.47 Å². The number of amides is 1. The number of fused-ring (bicyclic) bond motifs is 2. The van der Waals surface area contributed by atoms with Crippen molar-refractivity contribution in [3.63, 3.8) is 0 Å². The molecule has 1 aromatic heterocycles. The Morgan fingerprint density at radius 1 is 1.23 bits per heavy atom. The first-order valence-electron chi connectivity index (χ1n) is 8.25. The molecule has 0 aliphatic carbocycles. The van der Waals surface area contributed by atoms with Crippen LogP contribution in [-0.4, -0.2) is 22.3 Å². The van der Waals surface area contributed by atoms with E-state index < -0.39 is 0 Å². The van der Waals surface area contributed by atoms with Crippen LogP contribution in [0.25, 0.3) is 10.9 Å². The second-order valence-corrected chi connectivity index (χ2v) is 6.10. The van der Waals surface area contributed by atoms with Crippen LogP contribution in [0.3, 0.4) is 0 Å². The molecule has 26 heavy (non-hydrogen) atoms. The van der Waals surface area contributed by atoms with Gasteiger partial charge in [-0.05, 0) is 36.8 Å². The van der Waals surface area contributed by atoms with E-state index in [1.54, 1.807) is 18.2 Å². The summed E-state index contributed by atoms with van der Waals surface area (Å²) in [5, 5.41) is 3.38. The highest BCUT2D eigenvalue weighted by molar-refractivity contribution is 5.79. The first kappa shape index (κ1) is 16.1. The number of hydrogen-bond donors (Lipinski definition) is 1. The fourth-order valence-corrected chi connectivity index (χ4v) is 2.93. The summed E-state index contributed by atoms with van der Waals surface area (Å²) in [6, 6.07) is 12.4. The third kappa shape index (κ3) is 2.99. The molecule has 4 rings (SSSR count). The third-order valence-corrected chi connectivity index (χ3v) is 4.32. The zero-order valence-electron chi connectivity index (χ0n) is 14.1.